The van der Waals surface area contributed by atoms with E-state index in [-0.39, 0.29) is 5.91 Å². The Kier molecular flexibility index (Phi) is 4.70. The van der Waals surface area contributed by atoms with Gasteiger partial charge in [0.05, 0.1) is 30.1 Å². The maximum atomic E-state index is 12.2. The number of ether oxygens (including phenoxy) is 2. The van der Waals surface area contributed by atoms with E-state index in [4.69, 9.17) is 15.2 Å². The molecule has 3 N–H and O–H groups in total. The summed E-state index contributed by atoms with van der Waals surface area (Å²) in [6, 6.07) is 10.2. The summed E-state index contributed by atoms with van der Waals surface area (Å²) in [6.07, 6.45) is 0. The first-order valence-electron chi connectivity index (χ1n) is 6.13. The lowest BCUT2D eigenvalue weighted by atomic mass is 10.2. The largest absolute Gasteiger partial charge is 0.497 e. The van der Waals surface area contributed by atoms with Crippen LogP contribution in [0.5, 0.6) is 11.5 Å². The monoisotopic (exact) mass is 350 g/mol. The van der Waals surface area contributed by atoms with Gasteiger partial charge in [-0.15, -0.1) is 0 Å². The third kappa shape index (κ3) is 3.46. The Balaban J connectivity index is 2.20. The number of nitrogens with two attached hydrogens (primary N) is 1. The van der Waals surface area contributed by atoms with Crippen molar-refractivity contribution in [2.75, 3.05) is 25.3 Å². The van der Waals surface area contributed by atoms with E-state index in [1.807, 2.05) is 0 Å². The average Bonchev–Trinajstić information content (AvgIpc) is 2.49. The predicted octanol–water partition coefficient (Wildman–Crippen LogP) is 3.30. The van der Waals surface area contributed by atoms with Crippen LogP contribution in [0.1, 0.15) is 10.4 Å². The molecule has 110 valence electrons. The van der Waals surface area contributed by atoms with Gasteiger partial charge in [0.25, 0.3) is 5.91 Å². The minimum absolute atomic E-state index is 0.254. The number of carbonyl (C=O) groups excluding carboxylic acids is 1. The number of carbonyl (C=O) groups is 1. The van der Waals surface area contributed by atoms with E-state index in [1.54, 1.807) is 50.6 Å². The van der Waals surface area contributed by atoms with Crippen LogP contribution in [0.15, 0.2) is 40.9 Å². The third-order valence-corrected chi connectivity index (χ3v) is 3.54. The number of nitrogen functional groups attached to an aromatic ring is 1. The topological polar surface area (TPSA) is 73.6 Å². The van der Waals surface area contributed by atoms with Crippen molar-refractivity contribution in [2.24, 2.45) is 0 Å². The highest BCUT2D eigenvalue weighted by Gasteiger charge is 2.11. The van der Waals surface area contributed by atoms with Crippen molar-refractivity contribution in [3.63, 3.8) is 0 Å². The number of rotatable bonds is 4. The van der Waals surface area contributed by atoms with Gasteiger partial charge in [-0.2, -0.15) is 0 Å². The lowest BCUT2D eigenvalue weighted by Crippen LogP contribution is -2.13. The molecule has 0 saturated heterocycles. The van der Waals surface area contributed by atoms with Crippen molar-refractivity contribution in [1.29, 1.82) is 0 Å². The van der Waals surface area contributed by atoms with E-state index in [1.165, 1.54) is 0 Å². The zero-order valence-electron chi connectivity index (χ0n) is 11.6. The van der Waals surface area contributed by atoms with Crippen LogP contribution >= 0.6 is 15.9 Å². The van der Waals surface area contributed by atoms with Gasteiger partial charge in [-0.25, -0.2) is 0 Å². The highest BCUT2D eigenvalue weighted by Crippen LogP contribution is 2.27. The van der Waals surface area contributed by atoms with Gasteiger partial charge in [-0.1, -0.05) is 0 Å². The van der Waals surface area contributed by atoms with Crippen LogP contribution in [0, 0.1) is 0 Å². The zero-order valence-corrected chi connectivity index (χ0v) is 13.2. The molecule has 2 rings (SSSR count). The fourth-order valence-corrected chi connectivity index (χ4v) is 2.32. The Bertz CT molecular complexity index is 674. The summed E-state index contributed by atoms with van der Waals surface area (Å²) in [5, 5.41) is 2.76. The molecule has 5 nitrogen and oxygen atoms in total. The summed E-state index contributed by atoms with van der Waals surface area (Å²) in [7, 11) is 3.12. The van der Waals surface area contributed by atoms with Crippen LogP contribution in [-0.4, -0.2) is 20.1 Å². The minimum Gasteiger partial charge on any atom is -0.497 e. The minimum atomic E-state index is -0.254. The molecule has 0 unspecified atom stereocenters. The summed E-state index contributed by atoms with van der Waals surface area (Å²) in [4.78, 5) is 12.2. The summed E-state index contributed by atoms with van der Waals surface area (Å²) < 4.78 is 10.9. The molecule has 0 aliphatic rings. The Morgan fingerprint density at radius 1 is 1.14 bits per heavy atom. The maximum Gasteiger partial charge on any atom is 0.255 e. The van der Waals surface area contributed by atoms with E-state index in [9.17, 15) is 4.79 Å². The molecule has 2 aromatic carbocycles. The van der Waals surface area contributed by atoms with Crippen LogP contribution in [0.4, 0.5) is 11.4 Å². The SMILES string of the molecule is COc1ccc(NC(=O)c2ccc(OC)c(Br)c2)c(N)c1. The van der Waals surface area contributed by atoms with E-state index in [0.29, 0.717) is 32.9 Å². The van der Waals surface area contributed by atoms with Gasteiger partial charge in [0.15, 0.2) is 0 Å². The van der Waals surface area contributed by atoms with Gasteiger partial charge in [-0.05, 0) is 46.3 Å². The van der Waals surface area contributed by atoms with Gasteiger partial charge < -0.3 is 20.5 Å². The van der Waals surface area contributed by atoms with Crippen LogP contribution in [-0.2, 0) is 0 Å². The average molecular weight is 351 g/mol. The smallest absolute Gasteiger partial charge is 0.255 e. The van der Waals surface area contributed by atoms with Gasteiger partial charge >= 0.3 is 0 Å². The number of benzene rings is 2. The van der Waals surface area contributed by atoms with Crippen molar-refractivity contribution in [2.45, 2.75) is 0 Å². The Labute approximate surface area is 131 Å². The second-order valence-corrected chi connectivity index (χ2v) is 5.11. The van der Waals surface area contributed by atoms with Crippen LogP contribution in [0.2, 0.25) is 0 Å². The number of anilines is 2. The molecule has 0 radical (unpaired) electrons. The first-order valence-corrected chi connectivity index (χ1v) is 6.93. The van der Waals surface area contributed by atoms with E-state index >= 15 is 0 Å². The maximum absolute atomic E-state index is 12.2. The van der Waals surface area contributed by atoms with E-state index in [2.05, 4.69) is 21.2 Å². The highest BCUT2D eigenvalue weighted by molar-refractivity contribution is 9.10. The fraction of sp³-hybridized carbons (Fsp3) is 0.133. The lowest BCUT2D eigenvalue weighted by Gasteiger charge is -2.10. The number of halogens is 1. The molecule has 0 aliphatic heterocycles. The van der Waals surface area contributed by atoms with E-state index < -0.39 is 0 Å². The number of nitrogens with one attached hydrogen (secondary N) is 1. The highest BCUT2D eigenvalue weighted by atomic mass is 79.9. The Morgan fingerprint density at radius 3 is 2.48 bits per heavy atom. The second kappa shape index (κ2) is 6.49. The summed E-state index contributed by atoms with van der Waals surface area (Å²) in [5.74, 6) is 1.04. The van der Waals surface area contributed by atoms with Crippen LogP contribution in [0.3, 0.4) is 0 Å². The molecule has 0 aromatic heterocycles. The molecule has 0 aliphatic carbocycles. The molecule has 0 atom stereocenters. The third-order valence-electron chi connectivity index (χ3n) is 2.92. The molecule has 1 amide bonds. The number of methoxy groups -OCH3 is 2. The van der Waals surface area contributed by atoms with Crippen LogP contribution in [0.25, 0.3) is 0 Å². The fourth-order valence-electron chi connectivity index (χ4n) is 1.78. The lowest BCUT2D eigenvalue weighted by molar-refractivity contribution is 0.102. The van der Waals surface area contributed by atoms with Crippen molar-refractivity contribution in [3.8, 4) is 11.5 Å². The predicted molar refractivity (Wildman–Crippen MR) is 86.1 cm³/mol. The normalized spacial score (nSPS) is 10.0. The van der Waals surface area contributed by atoms with Crippen molar-refractivity contribution < 1.29 is 14.3 Å². The first-order chi connectivity index (χ1) is 10.0. The molecule has 0 spiro atoms. The van der Waals surface area contributed by atoms with Gasteiger partial charge in [0.1, 0.15) is 11.5 Å². The van der Waals surface area contributed by atoms with Crippen molar-refractivity contribution in [1.82, 2.24) is 0 Å². The Morgan fingerprint density at radius 2 is 1.90 bits per heavy atom. The first kappa shape index (κ1) is 15.2. The number of amides is 1. The molecular weight excluding hydrogens is 336 g/mol. The summed E-state index contributed by atoms with van der Waals surface area (Å²) in [5.41, 5.74) is 7.35. The quantitative estimate of drug-likeness (QED) is 0.829. The van der Waals surface area contributed by atoms with Gasteiger partial charge in [-0.3, -0.25) is 4.79 Å². The van der Waals surface area contributed by atoms with Crippen LogP contribution < -0.4 is 20.5 Å². The van der Waals surface area contributed by atoms with Gasteiger partial charge in [0, 0.05) is 11.6 Å². The number of hydrogen-bond donors (Lipinski definition) is 2. The molecule has 21 heavy (non-hydrogen) atoms. The zero-order chi connectivity index (χ0) is 15.4. The standard InChI is InChI=1S/C15H15BrN2O3/c1-20-10-4-5-13(12(17)8-10)18-15(19)9-3-6-14(21-2)11(16)7-9/h3-8H,17H2,1-2H3,(H,18,19). The molecule has 6 heteroatoms. The molecular formula is C15H15BrN2O3. The van der Waals surface area contributed by atoms with E-state index in [0.717, 1.165) is 0 Å². The van der Waals surface area contributed by atoms with Crippen molar-refractivity contribution >= 4 is 33.2 Å². The summed E-state index contributed by atoms with van der Waals surface area (Å²) in [6.45, 7) is 0. The Hall–Kier alpha value is -2.21. The molecule has 0 saturated carbocycles. The second-order valence-electron chi connectivity index (χ2n) is 4.26. The molecule has 2 aromatic rings. The number of hydrogen-bond acceptors (Lipinski definition) is 4. The molecule has 0 bridgehead atoms. The molecule has 0 heterocycles. The molecule has 0 fully saturated rings. The van der Waals surface area contributed by atoms with Gasteiger partial charge in [0.2, 0.25) is 0 Å². The van der Waals surface area contributed by atoms with Crippen molar-refractivity contribution in [3.05, 3.63) is 46.4 Å². The summed E-state index contributed by atoms with van der Waals surface area (Å²) >= 11 is 3.35.